The van der Waals surface area contributed by atoms with Crippen LogP contribution in [-0.4, -0.2) is 18.1 Å². The van der Waals surface area contributed by atoms with Crippen LogP contribution in [0.15, 0.2) is 24.3 Å². The first-order valence-corrected chi connectivity index (χ1v) is 7.39. The monoisotopic (exact) mass is 291 g/mol. The maximum absolute atomic E-state index is 12.5. The lowest BCUT2D eigenvalue weighted by atomic mass is 10.1. The van der Waals surface area contributed by atoms with E-state index >= 15 is 0 Å². The molecule has 0 aliphatic heterocycles. The summed E-state index contributed by atoms with van der Waals surface area (Å²) in [4.78, 5) is 0. The highest BCUT2D eigenvalue weighted by Crippen LogP contribution is 2.30. The van der Waals surface area contributed by atoms with E-state index in [2.05, 4.69) is 19.2 Å². The normalized spacial score (nSPS) is 15.3. The maximum atomic E-state index is 12.5. The van der Waals surface area contributed by atoms with Crippen molar-refractivity contribution in [3.05, 3.63) is 35.4 Å². The fourth-order valence-corrected chi connectivity index (χ4v) is 2.74. The highest BCUT2D eigenvalue weighted by atomic mass is 32.2. The van der Waals surface area contributed by atoms with Crippen LogP contribution < -0.4 is 5.32 Å². The Kier molecular flexibility index (Phi) is 6.20. The molecule has 5 heteroatoms. The van der Waals surface area contributed by atoms with Crippen LogP contribution in [0.1, 0.15) is 37.4 Å². The number of halogens is 3. The van der Waals surface area contributed by atoms with Crippen molar-refractivity contribution in [2.75, 3.05) is 12.8 Å². The molecule has 1 nitrogen and oxygen atoms in total. The summed E-state index contributed by atoms with van der Waals surface area (Å²) < 4.78 is 37.4. The summed E-state index contributed by atoms with van der Waals surface area (Å²) in [5.41, 5.74) is 0.298. The minimum atomic E-state index is -4.26. The highest BCUT2D eigenvalue weighted by Gasteiger charge is 2.30. The minimum Gasteiger partial charge on any atom is -0.312 e. The van der Waals surface area contributed by atoms with Crippen LogP contribution >= 0.6 is 11.8 Å². The van der Waals surface area contributed by atoms with Crippen molar-refractivity contribution in [1.29, 1.82) is 0 Å². The Morgan fingerprint density at radius 2 is 1.79 bits per heavy atom. The van der Waals surface area contributed by atoms with E-state index in [0.717, 1.165) is 29.9 Å². The zero-order valence-corrected chi connectivity index (χ0v) is 12.2. The third-order valence-corrected chi connectivity index (χ3v) is 4.54. The van der Waals surface area contributed by atoms with Crippen LogP contribution in [0.3, 0.4) is 0 Å². The highest BCUT2D eigenvalue weighted by molar-refractivity contribution is 7.99. The average Bonchev–Trinajstić information content (AvgIpc) is 2.38. The van der Waals surface area contributed by atoms with E-state index < -0.39 is 11.7 Å². The first kappa shape index (κ1) is 16.4. The molecule has 1 N–H and O–H groups in total. The predicted molar refractivity (Wildman–Crippen MR) is 75.5 cm³/mol. The number of rotatable bonds is 6. The van der Waals surface area contributed by atoms with E-state index in [-0.39, 0.29) is 6.04 Å². The number of hydrogen-bond acceptors (Lipinski definition) is 2. The fourth-order valence-electron chi connectivity index (χ4n) is 1.63. The van der Waals surface area contributed by atoms with Gasteiger partial charge in [0.25, 0.3) is 0 Å². The van der Waals surface area contributed by atoms with Gasteiger partial charge in [0.05, 0.1) is 5.56 Å². The average molecular weight is 291 g/mol. The Hall–Kier alpha value is -0.680. The van der Waals surface area contributed by atoms with Crippen LogP contribution in [0, 0.1) is 0 Å². The summed E-state index contributed by atoms with van der Waals surface area (Å²) in [5.74, 6) is 0.858. The SMILES string of the molecule is CCC(C)SCC(NC)c1ccc(C(F)(F)F)cc1. The number of hydrogen-bond donors (Lipinski definition) is 1. The van der Waals surface area contributed by atoms with E-state index in [4.69, 9.17) is 0 Å². The third kappa shape index (κ3) is 5.07. The number of alkyl halides is 3. The Morgan fingerprint density at radius 3 is 2.21 bits per heavy atom. The van der Waals surface area contributed by atoms with Gasteiger partial charge in [-0.3, -0.25) is 0 Å². The van der Waals surface area contributed by atoms with Crippen molar-refractivity contribution in [2.45, 2.75) is 37.7 Å². The maximum Gasteiger partial charge on any atom is 0.416 e. The van der Waals surface area contributed by atoms with Gasteiger partial charge in [-0.15, -0.1) is 0 Å². The Bertz CT molecular complexity index is 375. The zero-order chi connectivity index (χ0) is 14.5. The number of thioether (sulfide) groups is 1. The molecule has 0 radical (unpaired) electrons. The first-order valence-electron chi connectivity index (χ1n) is 6.34. The first-order chi connectivity index (χ1) is 8.88. The summed E-state index contributed by atoms with van der Waals surface area (Å²) in [6.45, 7) is 4.29. The minimum absolute atomic E-state index is 0.0845. The Labute approximate surface area is 117 Å². The van der Waals surface area contributed by atoms with Crippen LogP contribution in [0.4, 0.5) is 13.2 Å². The van der Waals surface area contributed by atoms with Gasteiger partial charge < -0.3 is 5.32 Å². The van der Waals surface area contributed by atoms with Crippen LogP contribution in [0.2, 0.25) is 0 Å². The molecule has 0 bridgehead atoms. The summed E-state index contributed by atoms with van der Waals surface area (Å²) >= 11 is 1.83. The predicted octanol–water partition coefficient (Wildman–Crippen LogP) is 4.50. The summed E-state index contributed by atoms with van der Waals surface area (Å²) in [7, 11) is 1.83. The molecule has 0 aliphatic carbocycles. The standard InChI is InChI=1S/C14H20F3NS/c1-4-10(2)19-9-13(18-3)11-5-7-12(8-6-11)14(15,16)17/h5-8,10,13,18H,4,9H2,1-3H3. The van der Waals surface area contributed by atoms with Gasteiger partial charge in [-0.2, -0.15) is 24.9 Å². The van der Waals surface area contributed by atoms with Crippen molar-refractivity contribution < 1.29 is 13.2 Å². The van der Waals surface area contributed by atoms with Gasteiger partial charge in [0.1, 0.15) is 0 Å². The molecular weight excluding hydrogens is 271 g/mol. The third-order valence-electron chi connectivity index (χ3n) is 3.11. The lowest BCUT2D eigenvalue weighted by Gasteiger charge is -2.19. The molecule has 0 saturated heterocycles. The molecule has 1 aromatic rings. The molecule has 108 valence electrons. The van der Waals surface area contributed by atoms with Gasteiger partial charge in [-0.05, 0) is 31.2 Å². The van der Waals surface area contributed by atoms with Gasteiger partial charge in [0.15, 0.2) is 0 Å². The van der Waals surface area contributed by atoms with Crippen molar-refractivity contribution >= 4 is 11.8 Å². The van der Waals surface area contributed by atoms with Gasteiger partial charge >= 0.3 is 6.18 Å². The lowest BCUT2D eigenvalue weighted by Crippen LogP contribution is -2.20. The van der Waals surface area contributed by atoms with Crippen LogP contribution in [0.25, 0.3) is 0 Å². The molecule has 0 heterocycles. The number of nitrogens with one attached hydrogen (secondary N) is 1. The Morgan fingerprint density at radius 1 is 1.21 bits per heavy atom. The Balaban J connectivity index is 2.71. The molecule has 2 unspecified atom stereocenters. The second-order valence-corrected chi connectivity index (χ2v) is 5.98. The molecule has 0 fully saturated rings. The van der Waals surface area contributed by atoms with Gasteiger partial charge in [0, 0.05) is 17.0 Å². The molecule has 0 aromatic heterocycles. The van der Waals surface area contributed by atoms with Crippen LogP contribution in [-0.2, 0) is 6.18 Å². The van der Waals surface area contributed by atoms with E-state index in [0.29, 0.717) is 5.25 Å². The molecule has 0 saturated carbocycles. The van der Waals surface area contributed by atoms with Gasteiger partial charge in [-0.1, -0.05) is 26.0 Å². The molecule has 2 atom stereocenters. The summed E-state index contributed by atoms with van der Waals surface area (Å²) in [6.07, 6.45) is -3.17. The van der Waals surface area contributed by atoms with Crippen molar-refractivity contribution in [2.24, 2.45) is 0 Å². The molecule has 0 aliphatic rings. The van der Waals surface area contributed by atoms with Gasteiger partial charge in [-0.25, -0.2) is 0 Å². The van der Waals surface area contributed by atoms with Crippen LogP contribution in [0.5, 0.6) is 0 Å². The molecule has 19 heavy (non-hydrogen) atoms. The summed E-state index contributed by atoms with van der Waals surface area (Å²) in [6, 6.07) is 5.49. The molecule has 0 spiro atoms. The van der Waals surface area contributed by atoms with E-state index in [1.54, 1.807) is 12.1 Å². The largest absolute Gasteiger partial charge is 0.416 e. The number of benzene rings is 1. The quantitative estimate of drug-likeness (QED) is 0.828. The van der Waals surface area contributed by atoms with Gasteiger partial charge in [0.2, 0.25) is 0 Å². The van der Waals surface area contributed by atoms with Crippen molar-refractivity contribution in [1.82, 2.24) is 5.32 Å². The second-order valence-electron chi connectivity index (χ2n) is 4.51. The van der Waals surface area contributed by atoms with Crippen molar-refractivity contribution in [3.8, 4) is 0 Å². The molecular formula is C14H20F3NS. The summed E-state index contributed by atoms with van der Waals surface area (Å²) in [5, 5.41) is 3.71. The van der Waals surface area contributed by atoms with E-state index in [1.165, 1.54) is 0 Å². The second kappa shape index (κ2) is 7.20. The molecule has 1 rings (SSSR count). The smallest absolute Gasteiger partial charge is 0.312 e. The topological polar surface area (TPSA) is 12.0 Å². The fraction of sp³-hybridized carbons (Fsp3) is 0.571. The van der Waals surface area contributed by atoms with Crippen molar-refractivity contribution in [3.63, 3.8) is 0 Å². The molecule has 0 amide bonds. The zero-order valence-electron chi connectivity index (χ0n) is 11.4. The lowest BCUT2D eigenvalue weighted by molar-refractivity contribution is -0.137. The molecule has 1 aromatic carbocycles. The van der Waals surface area contributed by atoms with E-state index in [1.807, 2.05) is 18.8 Å². The van der Waals surface area contributed by atoms with E-state index in [9.17, 15) is 13.2 Å².